The second kappa shape index (κ2) is 7.79. The predicted octanol–water partition coefficient (Wildman–Crippen LogP) is 1.92. The molecule has 2 heterocycles. The summed E-state index contributed by atoms with van der Waals surface area (Å²) in [7, 11) is 2.08. The number of nitrogens with one attached hydrogen (secondary N) is 1. The van der Waals surface area contributed by atoms with Crippen LogP contribution in [0.1, 0.15) is 32.5 Å². The molecule has 1 unspecified atom stereocenters. The number of aryl methyl sites for hydroxylation is 1. The zero-order valence-electron chi connectivity index (χ0n) is 13.3. The maximum absolute atomic E-state index is 4.41. The molecule has 4 nitrogen and oxygen atoms in total. The van der Waals surface area contributed by atoms with Gasteiger partial charge in [0.25, 0.3) is 0 Å². The lowest BCUT2D eigenvalue weighted by Crippen LogP contribution is -2.41. The third-order valence-electron chi connectivity index (χ3n) is 4.16. The minimum Gasteiger partial charge on any atom is -0.338 e. The molecule has 1 atom stereocenters. The maximum Gasteiger partial charge on any atom is 0.109 e. The number of nitrogens with zero attached hydrogens (tertiary/aromatic N) is 3. The summed E-state index contributed by atoms with van der Waals surface area (Å²) < 4.78 is 2.13. The second-order valence-corrected chi connectivity index (χ2v) is 6.57. The lowest BCUT2D eigenvalue weighted by molar-refractivity contribution is 0.172. The summed E-state index contributed by atoms with van der Waals surface area (Å²) in [5.74, 6) is 2.77. The molecule has 114 valence electrons. The molecule has 1 aromatic heterocycles. The molecule has 4 heteroatoms. The van der Waals surface area contributed by atoms with Crippen molar-refractivity contribution in [2.24, 2.45) is 18.9 Å². The van der Waals surface area contributed by atoms with Crippen molar-refractivity contribution in [3.8, 4) is 0 Å². The fourth-order valence-electron chi connectivity index (χ4n) is 2.99. The fraction of sp³-hybridized carbons (Fsp3) is 0.812. The standard InChI is InChI=1S/C16H30N4/c1-14(2)11-17-12-15-5-4-8-20(13-15)9-6-16-18-7-10-19(16)3/h7,10,14-15,17H,4-6,8-9,11-13H2,1-3H3. The summed E-state index contributed by atoms with van der Waals surface area (Å²) in [6.07, 6.45) is 7.71. The van der Waals surface area contributed by atoms with Crippen molar-refractivity contribution >= 4 is 0 Å². The van der Waals surface area contributed by atoms with E-state index in [9.17, 15) is 0 Å². The number of rotatable bonds is 7. The van der Waals surface area contributed by atoms with Crippen LogP contribution in [0.2, 0.25) is 0 Å². The molecule has 2 rings (SSSR count). The van der Waals surface area contributed by atoms with Gasteiger partial charge in [-0.25, -0.2) is 4.98 Å². The molecular formula is C16H30N4. The molecule has 1 aliphatic rings. The molecule has 20 heavy (non-hydrogen) atoms. The first kappa shape index (κ1) is 15.5. The van der Waals surface area contributed by atoms with Gasteiger partial charge >= 0.3 is 0 Å². The van der Waals surface area contributed by atoms with E-state index < -0.39 is 0 Å². The van der Waals surface area contributed by atoms with Crippen LogP contribution < -0.4 is 5.32 Å². The van der Waals surface area contributed by atoms with Crippen LogP contribution >= 0.6 is 0 Å². The fourth-order valence-corrected chi connectivity index (χ4v) is 2.99. The third-order valence-corrected chi connectivity index (χ3v) is 4.16. The van der Waals surface area contributed by atoms with E-state index in [4.69, 9.17) is 0 Å². The largest absolute Gasteiger partial charge is 0.338 e. The van der Waals surface area contributed by atoms with Crippen molar-refractivity contribution in [2.45, 2.75) is 33.1 Å². The molecule has 1 aliphatic heterocycles. The van der Waals surface area contributed by atoms with Crippen LogP contribution in [-0.4, -0.2) is 47.2 Å². The van der Waals surface area contributed by atoms with Crippen LogP contribution in [0.5, 0.6) is 0 Å². The first-order valence-electron chi connectivity index (χ1n) is 8.04. The highest BCUT2D eigenvalue weighted by Crippen LogP contribution is 2.16. The summed E-state index contributed by atoms with van der Waals surface area (Å²) in [6.45, 7) is 10.5. The monoisotopic (exact) mass is 278 g/mol. The average molecular weight is 278 g/mol. The van der Waals surface area contributed by atoms with Crippen LogP contribution in [0, 0.1) is 11.8 Å². The Balaban J connectivity index is 1.69. The molecule has 0 saturated carbocycles. The van der Waals surface area contributed by atoms with Crippen LogP contribution in [0.3, 0.4) is 0 Å². The topological polar surface area (TPSA) is 33.1 Å². The highest BCUT2D eigenvalue weighted by molar-refractivity contribution is 4.92. The second-order valence-electron chi connectivity index (χ2n) is 6.57. The van der Waals surface area contributed by atoms with Gasteiger partial charge in [0, 0.05) is 39.0 Å². The molecular weight excluding hydrogens is 248 g/mol. The lowest BCUT2D eigenvalue weighted by Gasteiger charge is -2.33. The first-order chi connectivity index (χ1) is 9.65. The van der Waals surface area contributed by atoms with Gasteiger partial charge < -0.3 is 14.8 Å². The number of hydrogen-bond donors (Lipinski definition) is 1. The molecule has 1 saturated heterocycles. The quantitative estimate of drug-likeness (QED) is 0.827. The first-order valence-corrected chi connectivity index (χ1v) is 8.04. The van der Waals surface area contributed by atoms with Gasteiger partial charge in [-0.1, -0.05) is 13.8 Å². The number of likely N-dealkylation sites (tertiary alicyclic amines) is 1. The van der Waals surface area contributed by atoms with Crippen LogP contribution in [0.4, 0.5) is 0 Å². The van der Waals surface area contributed by atoms with Gasteiger partial charge in [-0.15, -0.1) is 0 Å². The van der Waals surface area contributed by atoms with Gasteiger partial charge in [0.2, 0.25) is 0 Å². The summed E-state index contributed by atoms with van der Waals surface area (Å²) >= 11 is 0. The zero-order chi connectivity index (χ0) is 14.4. The number of imidazole rings is 1. The Morgan fingerprint density at radius 3 is 3.00 bits per heavy atom. The summed E-state index contributed by atoms with van der Waals surface area (Å²) in [4.78, 5) is 7.02. The molecule has 0 spiro atoms. The van der Waals surface area contributed by atoms with Crippen molar-refractivity contribution in [3.05, 3.63) is 18.2 Å². The highest BCUT2D eigenvalue weighted by atomic mass is 15.1. The number of piperidine rings is 1. The smallest absolute Gasteiger partial charge is 0.109 e. The molecule has 0 aliphatic carbocycles. The minimum atomic E-state index is 0.748. The molecule has 0 aromatic carbocycles. The Labute approximate surface area is 123 Å². The van der Waals surface area contributed by atoms with Crippen LogP contribution in [-0.2, 0) is 13.5 Å². The van der Waals surface area contributed by atoms with E-state index in [1.807, 2.05) is 12.4 Å². The van der Waals surface area contributed by atoms with E-state index in [0.29, 0.717) is 0 Å². The van der Waals surface area contributed by atoms with E-state index in [1.54, 1.807) is 0 Å². The Morgan fingerprint density at radius 1 is 1.45 bits per heavy atom. The van der Waals surface area contributed by atoms with E-state index >= 15 is 0 Å². The molecule has 0 amide bonds. The van der Waals surface area contributed by atoms with E-state index in [1.165, 1.54) is 38.3 Å². The van der Waals surface area contributed by atoms with E-state index in [2.05, 4.69) is 40.7 Å². The average Bonchev–Trinajstić information content (AvgIpc) is 2.82. The Hall–Kier alpha value is -0.870. The number of aromatic nitrogens is 2. The molecule has 1 aromatic rings. The summed E-state index contributed by atoms with van der Waals surface area (Å²) in [5.41, 5.74) is 0. The zero-order valence-corrected chi connectivity index (χ0v) is 13.3. The molecule has 1 fully saturated rings. The lowest BCUT2D eigenvalue weighted by atomic mass is 9.97. The van der Waals surface area contributed by atoms with Gasteiger partial charge in [-0.3, -0.25) is 0 Å². The maximum atomic E-state index is 4.41. The van der Waals surface area contributed by atoms with Crippen molar-refractivity contribution in [1.29, 1.82) is 0 Å². The highest BCUT2D eigenvalue weighted by Gasteiger charge is 2.19. The van der Waals surface area contributed by atoms with Crippen LogP contribution in [0.15, 0.2) is 12.4 Å². The van der Waals surface area contributed by atoms with Gasteiger partial charge in [-0.05, 0) is 44.3 Å². The van der Waals surface area contributed by atoms with Crippen molar-refractivity contribution < 1.29 is 0 Å². The Kier molecular flexibility index (Phi) is 6.05. The van der Waals surface area contributed by atoms with Crippen LogP contribution in [0.25, 0.3) is 0 Å². The molecule has 0 radical (unpaired) electrons. The van der Waals surface area contributed by atoms with Crippen molar-refractivity contribution in [3.63, 3.8) is 0 Å². The predicted molar refractivity (Wildman–Crippen MR) is 83.8 cm³/mol. The SMILES string of the molecule is CC(C)CNCC1CCCN(CCc2nccn2C)C1. The summed E-state index contributed by atoms with van der Waals surface area (Å²) in [6, 6.07) is 0. The van der Waals surface area contributed by atoms with Crippen molar-refractivity contribution in [2.75, 3.05) is 32.7 Å². The molecule has 0 bridgehead atoms. The normalized spacial score (nSPS) is 20.7. The van der Waals surface area contributed by atoms with E-state index in [-0.39, 0.29) is 0 Å². The minimum absolute atomic E-state index is 0.748. The van der Waals surface area contributed by atoms with Crippen molar-refractivity contribution in [1.82, 2.24) is 19.8 Å². The van der Waals surface area contributed by atoms with Gasteiger partial charge in [0.05, 0.1) is 0 Å². The van der Waals surface area contributed by atoms with Gasteiger partial charge in [0.1, 0.15) is 5.82 Å². The number of hydrogen-bond acceptors (Lipinski definition) is 3. The van der Waals surface area contributed by atoms with Gasteiger partial charge in [-0.2, -0.15) is 0 Å². The molecule has 1 N–H and O–H groups in total. The summed E-state index contributed by atoms with van der Waals surface area (Å²) in [5, 5.41) is 3.61. The Morgan fingerprint density at radius 2 is 2.30 bits per heavy atom. The third kappa shape index (κ3) is 4.91. The van der Waals surface area contributed by atoms with Gasteiger partial charge in [0.15, 0.2) is 0 Å². The van der Waals surface area contributed by atoms with E-state index in [0.717, 1.165) is 31.3 Å². The Bertz CT molecular complexity index is 386.